The van der Waals surface area contributed by atoms with Crippen molar-refractivity contribution in [3.05, 3.63) is 63.9 Å². The largest absolute Gasteiger partial charge is 0.445 e. The number of hydrogen-bond donors (Lipinski definition) is 1. The highest BCUT2D eigenvalue weighted by atomic mass is 32.1. The Hall–Kier alpha value is -2.11. The highest BCUT2D eigenvalue weighted by Gasteiger charge is 2.00. The molecule has 0 aliphatic rings. The summed E-state index contributed by atoms with van der Waals surface area (Å²) in [5, 5.41) is 4.74. The van der Waals surface area contributed by atoms with Crippen LogP contribution in [0.1, 0.15) is 16.0 Å². The molecule has 22 heavy (non-hydrogen) atoms. The zero-order valence-electron chi connectivity index (χ0n) is 12.5. The Balaban J connectivity index is 1.66. The zero-order chi connectivity index (χ0) is 15.6. The monoisotopic (exact) mass is 317 g/mol. The molecule has 4 nitrogen and oxygen atoms in total. The van der Waals surface area contributed by atoms with E-state index in [-0.39, 0.29) is 6.61 Å². The molecule has 1 N–H and O–H groups in total. The van der Waals surface area contributed by atoms with Gasteiger partial charge in [-0.05, 0) is 22.6 Å². The second kappa shape index (κ2) is 9.02. The molecule has 1 heterocycles. The van der Waals surface area contributed by atoms with Crippen LogP contribution in [0.25, 0.3) is 6.08 Å². The van der Waals surface area contributed by atoms with Crippen molar-refractivity contribution in [2.24, 2.45) is 0 Å². The quantitative estimate of drug-likeness (QED) is 0.844. The Morgan fingerprint density at radius 1 is 1.27 bits per heavy atom. The molecule has 0 atom stereocenters. The lowest BCUT2D eigenvalue weighted by molar-refractivity contribution is 0.141. The van der Waals surface area contributed by atoms with Crippen LogP contribution in [0, 0.1) is 0 Å². The first kappa shape index (κ1) is 16.3. The van der Waals surface area contributed by atoms with Gasteiger partial charge in [-0.15, -0.1) is 11.3 Å². The maximum atomic E-state index is 11.5. The van der Waals surface area contributed by atoms with Crippen molar-refractivity contribution in [3.8, 4) is 0 Å². The van der Waals surface area contributed by atoms with Crippen LogP contribution in [0.3, 0.4) is 0 Å². The molecule has 1 aromatic carbocycles. The highest BCUT2D eigenvalue weighted by Crippen LogP contribution is 2.16. The smallest absolute Gasteiger partial charge is 0.407 e. The molecule has 0 bridgehead atoms. The SMILES string of the molecule is COCc1cc(C=CCNC(=O)OCc2ccccc2)cs1. The molecule has 1 aromatic heterocycles. The third-order valence-electron chi connectivity index (χ3n) is 2.85. The number of alkyl carbamates (subject to hydrolysis) is 1. The summed E-state index contributed by atoms with van der Waals surface area (Å²) in [6.45, 7) is 1.34. The molecule has 0 fully saturated rings. The molecule has 2 rings (SSSR count). The normalized spacial score (nSPS) is 10.8. The van der Waals surface area contributed by atoms with Gasteiger partial charge in [0, 0.05) is 18.5 Å². The van der Waals surface area contributed by atoms with Crippen molar-refractivity contribution in [2.75, 3.05) is 13.7 Å². The van der Waals surface area contributed by atoms with E-state index >= 15 is 0 Å². The number of amides is 1. The van der Waals surface area contributed by atoms with Crippen molar-refractivity contribution in [1.29, 1.82) is 0 Å². The van der Waals surface area contributed by atoms with Crippen LogP contribution in [0.5, 0.6) is 0 Å². The molecule has 5 heteroatoms. The highest BCUT2D eigenvalue weighted by molar-refractivity contribution is 7.10. The lowest BCUT2D eigenvalue weighted by Crippen LogP contribution is -2.24. The van der Waals surface area contributed by atoms with E-state index in [1.807, 2.05) is 42.5 Å². The predicted molar refractivity (Wildman–Crippen MR) is 88.7 cm³/mol. The van der Waals surface area contributed by atoms with E-state index in [0.717, 1.165) is 11.1 Å². The minimum atomic E-state index is -0.418. The second-order valence-corrected chi connectivity index (χ2v) is 5.62. The van der Waals surface area contributed by atoms with Crippen LogP contribution in [0.4, 0.5) is 4.79 Å². The summed E-state index contributed by atoms with van der Waals surface area (Å²) in [6, 6.07) is 11.7. The number of thiophene rings is 1. The summed E-state index contributed by atoms with van der Waals surface area (Å²) in [6.07, 6.45) is 3.44. The second-order valence-electron chi connectivity index (χ2n) is 4.62. The van der Waals surface area contributed by atoms with Crippen molar-refractivity contribution in [3.63, 3.8) is 0 Å². The Kier molecular flexibility index (Phi) is 6.67. The summed E-state index contributed by atoms with van der Waals surface area (Å²) in [4.78, 5) is 12.7. The maximum Gasteiger partial charge on any atom is 0.407 e. The van der Waals surface area contributed by atoms with Gasteiger partial charge in [0.25, 0.3) is 0 Å². The number of rotatable bonds is 7. The van der Waals surface area contributed by atoms with Gasteiger partial charge in [-0.3, -0.25) is 0 Å². The van der Waals surface area contributed by atoms with Crippen molar-refractivity contribution >= 4 is 23.5 Å². The first-order valence-corrected chi connectivity index (χ1v) is 7.83. The molecular weight excluding hydrogens is 298 g/mol. The number of methoxy groups -OCH3 is 1. The van der Waals surface area contributed by atoms with E-state index in [4.69, 9.17) is 9.47 Å². The number of nitrogens with one attached hydrogen (secondary N) is 1. The van der Waals surface area contributed by atoms with Gasteiger partial charge in [0.05, 0.1) is 6.61 Å². The van der Waals surface area contributed by atoms with E-state index in [1.165, 1.54) is 4.88 Å². The first-order chi connectivity index (χ1) is 10.8. The van der Waals surface area contributed by atoms with Crippen LogP contribution in [-0.2, 0) is 22.7 Å². The summed E-state index contributed by atoms with van der Waals surface area (Å²) in [5.74, 6) is 0. The van der Waals surface area contributed by atoms with Crippen molar-refractivity contribution in [1.82, 2.24) is 5.32 Å². The van der Waals surface area contributed by atoms with Gasteiger partial charge < -0.3 is 14.8 Å². The summed E-state index contributed by atoms with van der Waals surface area (Å²) in [7, 11) is 1.68. The predicted octanol–water partition coefficient (Wildman–Crippen LogP) is 3.83. The van der Waals surface area contributed by atoms with Gasteiger partial charge in [-0.1, -0.05) is 42.5 Å². The van der Waals surface area contributed by atoms with Crippen molar-refractivity contribution in [2.45, 2.75) is 13.2 Å². The van der Waals surface area contributed by atoms with E-state index in [1.54, 1.807) is 18.4 Å². The average molecular weight is 317 g/mol. The van der Waals surface area contributed by atoms with E-state index < -0.39 is 6.09 Å². The number of benzene rings is 1. The maximum absolute atomic E-state index is 11.5. The zero-order valence-corrected chi connectivity index (χ0v) is 13.3. The van der Waals surface area contributed by atoms with Crippen LogP contribution < -0.4 is 5.32 Å². The molecule has 0 aliphatic carbocycles. The molecule has 2 aromatic rings. The lowest BCUT2D eigenvalue weighted by Gasteiger charge is -2.05. The van der Waals surface area contributed by atoms with Gasteiger partial charge in [0.1, 0.15) is 6.61 Å². The van der Waals surface area contributed by atoms with Gasteiger partial charge >= 0.3 is 6.09 Å². The fourth-order valence-electron chi connectivity index (χ4n) is 1.81. The van der Waals surface area contributed by atoms with Crippen LogP contribution in [0.15, 0.2) is 47.9 Å². The molecule has 0 aliphatic heterocycles. The lowest BCUT2D eigenvalue weighted by atomic mass is 10.2. The Labute approximate surface area is 134 Å². The molecule has 0 spiro atoms. The number of ether oxygens (including phenoxy) is 2. The molecule has 0 unspecified atom stereocenters. The molecule has 116 valence electrons. The van der Waals surface area contributed by atoms with Crippen LogP contribution in [-0.4, -0.2) is 19.7 Å². The Bertz CT molecular complexity index is 607. The molecular formula is C17H19NO3S. The number of carbonyl (C=O) groups is 1. The summed E-state index contributed by atoms with van der Waals surface area (Å²) < 4.78 is 10.2. The van der Waals surface area contributed by atoms with E-state index in [2.05, 4.69) is 16.8 Å². The van der Waals surface area contributed by atoms with Gasteiger partial charge in [0.15, 0.2) is 0 Å². The van der Waals surface area contributed by atoms with Crippen LogP contribution >= 0.6 is 11.3 Å². The molecule has 0 radical (unpaired) electrons. The third kappa shape index (κ3) is 5.71. The standard InChI is InChI=1S/C17H19NO3S/c1-20-12-16-10-15(13-22-16)8-5-9-18-17(19)21-11-14-6-3-2-4-7-14/h2-8,10,13H,9,11-12H2,1H3,(H,18,19). The summed E-state index contributed by atoms with van der Waals surface area (Å²) in [5.41, 5.74) is 2.08. The molecule has 1 amide bonds. The minimum Gasteiger partial charge on any atom is -0.445 e. The topological polar surface area (TPSA) is 47.6 Å². The van der Waals surface area contributed by atoms with Crippen LogP contribution in [0.2, 0.25) is 0 Å². The fraction of sp³-hybridized carbons (Fsp3) is 0.235. The Morgan fingerprint density at radius 3 is 2.86 bits per heavy atom. The van der Waals surface area contributed by atoms with E-state index in [0.29, 0.717) is 13.2 Å². The first-order valence-electron chi connectivity index (χ1n) is 6.95. The molecule has 0 saturated carbocycles. The summed E-state index contributed by atoms with van der Waals surface area (Å²) >= 11 is 1.66. The van der Waals surface area contributed by atoms with Gasteiger partial charge in [-0.25, -0.2) is 4.79 Å². The minimum absolute atomic E-state index is 0.279. The Morgan fingerprint density at radius 2 is 2.09 bits per heavy atom. The third-order valence-corrected chi connectivity index (χ3v) is 3.78. The van der Waals surface area contributed by atoms with Crippen molar-refractivity contribution < 1.29 is 14.3 Å². The number of hydrogen-bond acceptors (Lipinski definition) is 4. The van der Waals surface area contributed by atoms with Gasteiger partial charge in [-0.2, -0.15) is 0 Å². The molecule has 0 saturated heterocycles. The van der Waals surface area contributed by atoms with E-state index in [9.17, 15) is 4.79 Å². The number of carbonyl (C=O) groups excluding carboxylic acids is 1. The fourth-order valence-corrected chi connectivity index (χ4v) is 2.64. The van der Waals surface area contributed by atoms with Gasteiger partial charge in [0.2, 0.25) is 0 Å². The average Bonchev–Trinajstić information content (AvgIpc) is 2.98.